The van der Waals surface area contributed by atoms with E-state index in [9.17, 15) is 12.8 Å². The van der Waals surface area contributed by atoms with Gasteiger partial charge in [-0.2, -0.15) is 5.26 Å². The molecule has 0 amide bonds. The number of hydrogen-bond donors (Lipinski definition) is 0. The van der Waals surface area contributed by atoms with Crippen LogP contribution in [0.5, 0.6) is 5.75 Å². The van der Waals surface area contributed by atoms with Gasteiger partial charge in [0.2, 0.25) is 9.05 Å². The second-order valence-corrected chi connectivity index (χ2v) is 7.16. The summed E-state index contributed by atoms with van der Waals surface area (Å²) < 4.78 is 39.9. The maximum Gasteiger partial charge on any atom is 0.232 e. The maximum absolute atomic E-state index is 13.3. The summed E-state index contributed by atoms with van der Waals surface area (Å²) in [6.07, 6.45) is 2.82. The van der Waals surface area contributed by atoms with E-state index in [1.165, 1.54) is 12.1 Å². The number of ether oxygens (including phenoxy) is 1. The van der Waals surface area contributed by atoms with E-state index in [4.69, 9.17) is 20.7 Å². The summed E-state index contributed by atoms with van der Waals surface area (Å²) in [6.45, 7) is 0.416. The third-order valence-corrected chi connectivity index (χ3v) is 3.85. The summed E-state index contributed by atoms with van der Waals surface area (Å²) in [7, 11) is 1.68. The molecular formula is C13H15ClFNO3S. The van der Waals surface area contributed by atoms with Crippen LogP contribution < -0.4 is 4.74 Å². The van der Waals surface area contributed by atoms with Gasteiger partial charge in [-0.15, -0.1) is 0 Å². The molecule has 0 bridgehead atoms. The van der Waals surface area contributed by atoms with Crippen molar-refractivity contribution in [3.05, 3.63) is 29.6 Å². The van der Waals surface area contributed by atoms with Crippen LogP contribution in [0, 0.1) is 17.1 Å². The topological polar surface area (TPSA) is 67.2 Å². The van der Waals surface area contributed by atoms with Gasteiger partial charge in [0.05, 0.1) is 17.9 Å². The first-order valence-electron chi connectivity index (χ1n) is 6.17. The number of rotatable bonds is 8. The minimum absolute atomic E-state index is 0.0142. The molecule has 7 heteroatoms. The van der Waals surface area contributed by atoms with Crippen LogP contribution in [0.15, 0.2) is 18.2 Å². The van der Waals surface area contributed by atoms with Crippen molar-refractivity contribution in [3.63, 3.8) is 0 Å². The van der Waals surface area contributed by atoms with Crippen molar-refractivity contribution in [1.82, 2.24) is 0 Å². The summed E-state index contributed by atoms with van der Waals surface area (Å²) >= 11 is 0. The molecule has 0 aliphatic heterocycles. The fourth-order valence-corrected chi connectivity index (χ4v) is 2.47. The van der Waals surface area contributed by atoms with E-state index in [1.54, 1.807) is 12.1 Å². The predicted molar refractivity (Wildman–Crippen MR) is 74.7 cm³/mol. The van der Waals surface area contributed by atoms with E-state index in [0.29, 0.717) is 18.8 Å². The highest BCUT2D eigenvalue weighted by Crippen LogP contribution is 2.16. The van der Waals surface area contributed by atoms with Gasteiger partial charge in [-0.25, -0.2) is 12.8 Å². The number of hydrogen-bond acceptors (Lipinski definition) is 4. The quantitative estimate of drug-likeness (QED) is 0.545. The molecule has 0 saturated heterocycles. The van der Waals surface area contributed by atoms with E-state index in [2.05, 4.69) is 0 Å². The van der Waals surface area contributed by atoms with Crippen LogP contribution in [0.1, 0.15) is 31.2 Å². The molecule has 1 aromatic carbocycles. The Morgan fingerprint density at radius 2 is 1.95 bits per heavy atom. The largest absolute Gasteiger partial charge is 0.493 e. The highest BCUT2D eigenvalue weighted by molar-refractivity contribution is 8.13. The van der Waals surface area contributed by atoms with Crippen molar-refractivity contribution >= 4 is 19.7 Å². The third kappa shape index (κ3) is 6.73. The average Bonchev–Trinajstić information content (AvgIpc) is 2.36. The molecule has 0 atom stereocenters. The van der Waals surface area contributed by atoms with Crippen LogP contribution in [0.25, 0.3) is 0 Å². The standard InChI is InChI=1S/C13H15ClFNO3S/c14-20(17,18)8-4-2-1-3-7-19-12-6-5-11(10-16)13(15)9-12/h5-6,9H,1-4,7-8H2. The number of halogens is 2. The smallest absolute Gasteiger partial charge is 0.232 e. The predicted octanol–water partition coefficient (Wildman–Crippen LogP) is 3.21. The summed E-state index contributed by atoms with van der Waals surface area (Å²) in [4.78, 5) is 0. The van der Waals surface area contributed by atoms with Crippen LogP contribution in [-0.2, 0) is 9.05 Å². The summed E-state index contributed by atoms with van der Waals surface area (Å²) in [5.74, 6) is -0.238. The minimum atomic E-state index is -3.40. The number of nitrogens with zero attached hydrogens (tertiary/aromatic N) is 1. The molecule has 0 aliphatic rings. The van der Waals surface area contributed by atoms with Gasteiger partial charge < -0.3 is 4.74 Å². The Hall–Kier alpha value is -1.32. The summed E-state index contributed by atoms with van der Waals surface area (Å²) in [5, 5.41) is 8.58. The number of unbranched alkanes of at least 4 members (excludes halogenated alkanes) is 3. The molecular weight excluding hydrogens is 305 g/mol. The molecule has 1 rings (SSSR count). The Morgan fingerprint density at radius 3 is 2.55 bits per heavy atom. The van der Waals surface area contributed by atoms with Crippen LogP contribution in [0.3, 0.4) is 0 Å². The molecule has 4 nitrogen and oxygen atoms in total. The molecule has 0 heterocycles. The Morgan fingerprint density at radius 1 is 1.25 bits per heavy atom. The second kappa shape index (κ2) is 8.08. The van der Waals surface area contributed by atoms with Gasteiger partial charge in [-0.1, -0.05) is 12.8 Å². The van der Waals surface area contributed by atoms with Crippen molar-refractivity contribution in [2.45, 2.75) is 25.7 Å². The number of benzene rings is 1. The van der Waals surface area contributed by atoms with Crippen molar-refractivity contribution in [1.29, 1.82) is 5.26 Å². The lowest BCUT2D eigenvalue weighted by Crippen LogP contribution is -2.00. The van der Waals surface area contributed by atoms with Crippen molar-refractivity contribution < 1.29 is 17.5 Å². The maximum atomic E-state index is 13.3. The first kappa shape index (κ1) is 16.7. The molecule has 0 aromatic heterocycles. The number of nitriles is 1. The fourth-order valence-electron chi connectivity index (χ4n) is 1.60. The van der Waals surface area contributed by atoms with Crippen molar-refractivity contribution in [2.75, 3.05) is 12.4 Å². The van der Waals surface area contributed by atoms with Gasteiger partial charge >= 0.3 is 0 Å². The lowest BCUT2D eigenvalue weighted by atomic mass is 10.2. The van der Waals surface area contributed by atoms with Gasteiger partial charge in [-0.3, -0.25) is 0 Å². The van der Waals surface area contributed by atoms with Crippen LogP contribution in [0.2, 0.25) is 0 Å². The van der Waals surface area contributed by atoms with E-state index in [0.717, 1.165) is 19.3 Å². The molecule has 0 saturated carbocycles. The van der Waals surface area contributed by atoms with Crippen molar-refractivity contribution in [2.24, 2.45) is 0 Å². The fraction of sp³-hybridized carbons (Fsp3) is 0.462. The molecule has 0 unspecified atom stereocenters. The normalized spacial score (nSPS) is 11.1. The minimum Gasteiger partial charge on any atom is -0.493 e. The Bertz CT molecular complexity index is 584. The van der Waals surface area contributed by atoms with Gasteiger partial charge in [0.15, 0.2) is 0 Å². The first-order chi connectivity index (χ1) is 9.42. The molecule has 110 valence electrons. The van der Waals surface area contributed by atoms with Gasteiger partial charge in [0.25, 0.3) is 0 Å². The average molecular weight is 320 g/mol. The van der Waals surface area contributed by atoms with Crippen LogP contribution in [-0.4, -0.2) is 20.8 Å². The monoisotopic (exact) mass is 319 g/mol. The van der Waals surface area contributed by atoms with Gasteiger partial charge in [0.1, 0.15) is 17.6 Å². The highest BCUT2D eigenvalue weighted by atomic mass is 35.7. The Kier molecular flexibility index (Phi) is 6.76. The Labute approximate surface area is 122 Å². The third-order valence-electron chi connectivity index (χ3n) is 2.61. The highest BCUT2D eigenvalue weighted by Gasteiger charge is 2.05. The molecule has 0 fully saturated rings. The van der Waals surface area contributed by atoms with E-state index < -0.39 is 14.9 Å². The van der Waals surface area contributed by atoms with Gasteiger partial charge in [-0.05, 0) is 25.0 Å². The zero-order chi connectivity index (χ0) is 15.0. The lowest BCUT2D eigenvalue weighted by molar-refractivity contribution is 0.303. The van der Waals surface area contributed by atoms with Crippen LogP contribution >= 0.6 is 10.7 Å². The van der Waals surface area contributed by atoms with Crippen molar-refractivity contribution in [3.8, 4) is 11.8 Å². The van der Waals surface area contributed by atoms with E-state index >= 15 is 0 Å². The lowest BCUT2D eigenvalue weighted by Gasteiger charge is -2.06. The summed E-state index contributed by atoms with van der Waals surface area (Å²) in [5.41, 5.74) is -0.0142. The molecule has 0 radical (unpaired) electrons. The second-order valence-electron chi connectivity index (χ2n) is 4.26. The molecule has 0 spiro atoms. The zero-order valence-corrected chi connectivity index (χ0v) is 12.4. The van der Waals surface area contributed by atoms with E-state index in [-0.39, 0.29) is 11.3 Å². The SMILES string of the molecule is N#Cc1ccc(OCCCCCCS(=O)(=O)Cl)cc1F. The first-order valence-corrected chi connectivity index (χ1v) is 8.65. The zero-order valence-electron chi connectivity index (χ0n) is 10.8. The van der Waals surface area contributed by atoms with E-state index in [1.807, 2.05) is 0 Å². The Balaban J connectivity index is 2.19. The van der Waals surface area contributed by atoms with Gasteiger partial charge in [0, 0.05) is 16.7 Å². The molecule has 0 aliphatic carbocycles. The molecule has 0 N–H and O–H groups in total. The molecule has 1 aromatic rings. The molecule has 20 heavy (non-hydrogen) atoms. The summed E-state index contributed by atoms with van der Waals surface area (Å²) in [6, 6.07) is 5.83. The van der Waals surface area contributed by atoms with Crippen LogP contribution in [0.4, 0.5) is 4.39 Å².